The predicted molar refractivity (Wildman–Crippen MR) is 105 cm³/mol. The number of carbonyl (C=O) groups is 2. The first kappa shape index (κ1) is 18.6. The van der Waals surface area contributed by atoms with Crippen LogP contribution in [0.5, 0.6) is 0 Å². The number of pyridine rings is 1. The number of benzene rings is 1. The lowest BCUT2D eigenvalue weighted by Gasteiger charge is -2.39. The highest BCUT2D eigenvalue weighted by atomic mass is 16.5. The van der Waals surface area contributed by atoms with Crippen molar-refractivity contribution in [1.29, 1.82) is 0 Å². The minimum absolute atomic E-state index is 0.0499. The SMILES string of the molecule is COC(=O)c1cccc(CN2CCC3(CC2)C[C@H](c2ccccc2)C(=O)N3)n1. The molecule has 1 aromatic heterocycles. The van der Waals surface area contributed by atoms with E-state index in [2.05, 4.69) is 15.2 Å². The van der Waals surface area contributed by atoms with Gasteiger partial charge in [0.2, 0.25) is 5.91 Å². The molecule has 1 aromatic carbocycles. The summed E-state index contributed by atoms with van der Waals surface area (Å²) in [6.07, 6.45) is 2.72. The van der Waals surface area contributed by atoms with Crippen LogP contribution in [0.3, 0.4) is 0 Å². The number of nitrogens with zero attached hydrogens (tertiary/aromatic N) is 2. The molecular weight excluding hydrogens is 354 g/mol. The Morgan fingerprint density at radius 1 is 1.18 bits per heavy atom. The summed E-state index contributed by atoms with van der Waals surface area (Å²) in [5, 5.41) is 3.29. The van der Waals surface area contributed by atoms with Crippen molar-refractivity contribution < 1.29 is 14.3 Å². The third-order valence-electron chi connectivity index (χ3n) is 5.90. The Morgan fingerprint density at radius 2 is 1.93 bits per heavy atom. The number of likely N-dealkylation sites (tertiary alicyclic amines) is 1. The first-order valence-corrected chi connectivity index (χ1v) is 9.72. The van der Waals surface area contributed by atoms with Crippen LogP contribution in [0.15, 0.2) is 48.5 Å². The number of piperidine rings is 1. The molecule has 2 aliphatic rings. The highest BCUT2D eigenvalue weighted by molar-refractivity contribution is 5.87. The Hall–Kier alpha value is -2.73. The average molecular weight is 379 g/mol. The van der Waals surface area contributed by atoms with E-state index in [-0.39, 0.29) is 17.4 Å². The number of nitrogens with one attached hydrogen (secondary N) is 1. The summed E-state index contributed by atoms with van der Waals surface area (Å²) in [5.41, 5.74) is 2.19. The van der Waals surface area contributed by atoms with Crippen molar-refractivity contribution in [3.8, 4) is 0 Å². The van der Waals surface area contributed by atoms with Crippen LogP contribution < -0.4 is 5.32 Å². The van der Waals surface area contributed by atoms with Gasteiger partial charge in [-0.1, -0.05) is 36.4 Å². The lowest BCUT2D eigenvalue weighted by Crippen LogP contribution is -2.50. The number of carbonyl (C=O) groups excluding carboxylic acids is 2. The zero-order chi connectivity index (χ0) is 19.6. The van der Waals surface area contributed by atoms with Gasteiger partial charge in [0.15, 0.2) is 0 Å². The van der Waals surface area contributed by atoms with Crippen LogP contribution >= 0.6 is 0 Å². The van der Waals surface area contributed by atoms with Gasteiger partial charge in [0.1, 0.15) is 5.69 Å². The Labute approximate surface area is 164 Å². The quantitative estimate of drug-likeness (QED) is 0.827. The summed E-state index contributed by atoms with van der Waals surface area (Å²) in [4.78, 5) is 31.0. The molecule has 6 heteroatoms. The second kappa shape index (κ2) is 7.72. The minimum Gasteiger partial charge on any atom is -0.464 e. The summed E-state index contributed by atoms with van der Waals surface area (Å²) >= 11 is 0. The number of amides is 1. The third kappa shape index (κ3) is 3.78. The van der Waals surface area contributed by atoms with Crippen LogP contribution in [0.1, 0.15) is 46.9 Å². The second-order valence-electron chi connectivity index (χ2n) is 7.72. The molecule has 0 unspecified atom stereocenters. The van der Waals surface area contributed by atoms with Gasteiger partial charge < -0.3 is 10.1 Å². The zero-order valence-electron chi connectivity index (χ0n) is 16.1. The molecule has 1 atom stereocenters. The van der Waals surface area contributed by atoms with E-state index in [9.17, 15) is 9.59 Å². The van der Waals surface area contributed by atoms with Crippen molar-refractivity contribution in [2.75, 3.05) is 20.2 Å². The molecule has 0 radical (unpaired) electrons. The van der Waals surface area contributed by atoms with Gasteiger partial charge in [-0.25, -0.2) is 9.78 Å². The Balaban J connectivity index is 1.37. The summed E-state index contributed by atoms with van der Waals surface area (Å²) in [5.74, 6) is -0.321. The summed E-state index contributed by atoms with van der Waals surface area (Å²) in [6, 6.07) is 15.5. The van der Waals surface area contributed by atoms with Gasteiger partial charge in [0.05, 0.1) is 18.7 Å². The van der Waals surface area contributed by atoms with Crippen molar-refractivity contribution in [3.05, 3.63) is 65.5 Å². The minimum atomic E-state index is -0.417. The number of hydrogen-bond acceptors (Lipinski definition) is 5. The van der Waals surface area contributed by atoms with Gasteiger partial charge in [-0.15, -0.1) is 0 Å². The van der Waals surface area contributed by atoms with E-state index >= 15 is 0 Å². The van der Waals surface area contributed by atoms with Crippen LogP contribution in [0.4, 0.5) is 0 Å². The molecule has 3 heterocycles. The van der Waals surface area contributed by atoms with E-state index in [4.69, 9.17) is 4.74 Å². The van der Waals surface area contributed by atoms with Crippen LogP contribution in [0.25, 0.3) is 0 Å². The van der Waals surface area contributed by atoms with Crippen LogP contribution in [-0.4, -0.2) is 47.5 Å². The van der Waals surface area contributed by atoms with E-state index in [1.807, 2.05) is 42.5 Å². The van der Waals surface area contributed by atoms with Gasteiger partial charge in [0.25, 0.3) is 0 Å². The van der Waals surface area contributed by atoms with E-state index < -0.39 is 5.97 Å². The van der Waals surface area contributed by atoms with Crippen molar-refractivity contribution in [2.45, 2.75) is 37.3 Å². The van der Waals surface area contributed by atoms with Gasteiger partial charge in [0, 0.05) is 25.2 Å². The maximum absolute atomic E-state index is 12.6. The number of ether oxygens (including phenoxy) is 1. The van der Waals surface area contributed by atoms with Crippen molar-refractivity contribution in [2.24, 2.45) is 0 Å². The largest absolute Gasteiger partial charge is 0.464 e. The standard InChI is InChI=1S/C22H25N3O3/c1-28-21(27)19-9-5-8-17(23-19)15-25-12-10-22(11-13-25)14-18(20(26)24-22)16-6-3-2-4-7-16/h2-9,18H,10-15H2,1H3,(H,24,26)/t18-/m1/s1. The van der Waals surface area contributed by atoms with Crippen molar-refractivity contribution >= 4 is 11.9 Å². The molecule has 0 bridgehead atoms. The fraction of sp³-hybridized carbons (Fsp3) is 0.409. The van der Waals surface area contributed by atoms with E-state index in [1.165, 1.54) is 7.11 Å². The van der Waals surface area contributed by atoms with Crippen LogP contribution in [0, 0.1) is 0 Å². The molecule has 0 saturated carbocycles. The predicted octanol–water partition coefficient (Wildman–Crippen LogP) is 2.51. The van der Waals surface area contributed by atoms with Crippen molar-refractivity contribution in [1.82, 2.24) is 15.2 Å². The average Bonchev–Trinajstić information content (AvgIpc) is 3.06. The first-order valence-electron chi connectivity index (χ1n) is 9.72. The Bertz CT molecular complexity index is 860. The Kier molecular flexibility index (Phi) is 5.13. The van der Waals surface area contributed by atoms with Gasteiger partial charge in [-0.05, 0) is 37.0 Å². The fourth-order valence-corrected chi connectivity index (χ4v) is 4.32. The maximum atomic E-state index is 12.6. The van der Waals surface area contributed by atoms with Gasteiger partial charge in [-0.2, -0.15) is 0 Å². The summed E-state index contributed by atoms with van der Waals surface area (Å²) < 4.78 is 4.75. The second-order valence-corrected chi connectivity index (χ2v) is 7.72. The van der Waals surface area contributed by atoms with Crippen LogP contribution in [0.2, 0.25) is 0 Å². The third-order valence-corrected chi connectivity index (χ3v) is 5.90. The molecule has 1 amide bonds. The van der Waals surface area contributed by atoms with Gasteiger partial charge >= 0.3 is 5.97 Å². The highest BCUT2D eigenvalue weighted by Crippen LogP contribution is 2.39. The topological polar surface area (TPSA) is 71.5 Å². The molecule has 2 aromatic rings. The first-order chi connectivity index (χ1) is 13.6. The van der Waals surface area contributed by atoms with Crippen LogP contribution in [-0.2, 0) is 16.1 Å². The Morgan fingerprint density at radius 3 is 2.64 bits per heavy atom. The molecule has 146 valence electrons. The monoisotopic (exact) mass is 379 g/mol. The molecule has 4 rings (SSSR count). The highest BCUT2D eigenvalue weighted by Gasteiger charge is 2.46. The van der Waals surface area contributed by atoms with E-state index in [0.29, 0.717) is 12.2 Å². The van der Waals surface area contributed by atoms with E-state index in [0.717, 1.165) is 43.6 Å². The molecule has 1 N–H and O–H groups in total. The molecule has 28 heavy (non-hydrogen) atoms. The molecule has 1 spiro atoms. The van der Waals surface area contributed by atoms with E-state index in [1.54, 1.807) is 6.07 Å². The van der Waals surface area contributed by atoms with Crippen molar-refractivity contribution in [3.63, 3.8) is 0 Å². The maximum Gasteiger partial charge on any atom is 0.356 e. The lowest BCUT2D eigenvalue weighted by atomic mass is 9.82. The summed E-state index contributed by atoms with van der Waals surface area (Å²) in [7, 11) is 1.36. The number of rotatable bonds is 4. The lowest BCUT2D eigenvalue weighted by molar-refractivity contribution is -0.121. The molecule has 0 aliphatic carbocycles. The zero-order valence-corrected chi connectivity index (χ0v) is 16.1. The number of methoxy groups -OCH3 is 1. The summed E-state index contributed by atoms with van der Waals surface area (Å²) in [6.45, 7) is 2.48. The fourth-order valence-electron chi connectivity index (χ4n) is 4.32. The molecule has 6 nitrogen and oxygen atoms in total. The molecule has 2 saturated heterocycles. The van der Waals surface area contributed by atoms with Gasteiger partial charge in [-0.3, -0.25) is 9.69 Å². The smallest absolute Gasteiger partial charge is 0.356 e. The molecular formula is C22H25N3O3. The number of hydrogen-bond donors (Lipinski definition) is 1. The number of esters is 1. The normalized spacial score (nSPS) is 21.5. The molecule has 2 fully saturated rings. The number of aromatic nitrogens is 1. The molecule has 2 aliphatic heterocycles.